The molecule has 21 heavy (non-hydrogen) atoms. The SMILES string of the molecule is CCc1nc2cccc(C(=O)O)c2n1C1CCN(C)CC1. The van der Waals surface area contributed by atoms with Crippen molar-refractivity contribution in [1.29, 1.82) is 0 Å². The highest BCUT2D eigenvalue weighted by atomic mass is 16.4. The molecule has 1 fully saturated rings. The van der Waals surface area contributed by atoms with Gasteiger partial charge in [-0.2, -0.15) is 0 Å². The first-order chi connectivity index (χ1) is 10.1. The van der Waals surface area contributed by atoms with Crippen LogP contribution >= 0.6 is 0 Å². The predicted molar refractivity (Wildman–Crippen MR) is 81.8 cm³/mol. The largest absolute Gasteiger partial charge is 0.478 e. The molecule has 1 N–H and O–H groups in total. The average molecular weight is 287 g/mol. The van der Waals surface area contributed by atoms with Gasteiger partial charge >= 0.3 is 5.97 Å². The highest BCUT2D eigenvalue weighted by Gasteiger charge is 2.25. The molecule has 0 bridgehead atoms. The molecule has 0 atom stereocenters. The molecule has 2 aromatic rings. The number of fused-ring (bicyclic) bond motifs is 1. The summed E-state index contributed by atoms with van der Waals surface area (Å²) < 4.78 is 2.19. The maximum absolute atomic E-state index is 11.6. The van der Waals surface area contributed by atoms with Crippen LogP contribution in [0.5, 0.6) is 0 Å². The zero-order valence-corrected chi connectivity index (χ0v) is 12.5. The summed E-state index contributed by atoms with van der Waals surface area (Å²) in [6.07, 6.45) is 2.91. The van der Waals surface area contributed by atoms with Crippen LogP contribution in [-0.4, -0.2) is 45.7 Å². The van der Waals surface area contributed by atoms with E-state index in [9.17, 15) is 9.90 Å². The minimum absolute atomic E-state index is 0.349. The van der Waals surface area contributed by atoms with Crippen molar-refractivity contribution in [1.82, 2.24) is 14.5 Å². The molecule has 2 heterocycles. The molecule has 112 valence electrons. The molecule has 5 nitrogen and oxygen atoms in total. The molecule has 3 rings (SSSR count). The van der Waals surface area contributed by atoms with Crippen LogP contribution in [0.4, 0.5) is 0 Å². The van der Waals surface area contributed by atoms with Crippen LogP contribution in [0.25, 0.3) is 11.0 Å². The fourth-order valence-electron chi connectivity index (χ4n) is 3.27. The molecule has 1 aromatic heterocycles. The normalized spacial score (nSPS) is 17.4. The van der Waals surface area contributed by atoms with E-state index >= 15 is 0 Å². The Kier molecular flexibility index (Phi) is 3.68. The third-order valence-corrected chi connectivity index (χ3v) is 4.38. The minimum Gasteiger partial charge on any atom is -0.478 e. The van der Waals surface area contributed by atoms with E-state index in [2.05, 4.69) is 28.4 Å². The van der Waals surface area contributed by atoms with E-state index in [1.54, 1.807) is 12.1 Å². The summed E-state index contributed by atoms with van der Waals surface area (Å²) in [5.74, 6) is 0.116. The number of imidazole rings is 1. The van der Waals surface area contributed by atoms with Gasteiger partial charge in [-0.25, -0.2) is 9.78 Å². The lowest BCUT2D eigenvalue weighted by molar-refractivity contribution is 0.0698. The number of carbonyl (C=O) groups is 1. The monoisotopic (exact) mass is 287 g/mol. The van der Waals surface area contributed by atoms with E-state index in [1.807, 2.05) is 6.07 Å². The second-order valence-electron chi connectivity index (χ2n) is 5.76. The van der Waals surface area contributed by atoms with Gasteiger partial charge in [0.2, 0.25) is 0 Å². The lowest BCUT2D eigenvalue weighted by Crippen LogP contribution is -2.32. The lowest BCUT2D eigenvalue weighted by Gasteiger charge is -2.31. The molecule has 1 saturated heterocycles. The van der Waals surface area contributed by atoms with E-state index in [0.717, 1.165) is 49.2 Å². The van der Waals surface area contributed by atoms with E-state index in [-0.39, 0.29) is 0 Å². The van der Waals surface area contributed by atoms with Gasteiger partial charge in [-0.3, -0.25) is 0 Å². The smallest absolute Gasteiger partial charge is 0.337 e. The van der Waals surface area contributed by atoms with Crippen molar-refractivity contribution in [2.24, 2.45) is 0 Å². The van der Waals surface area contributed by atoms with Gasteiger partial charge in [-0.1, -0.05) is 13.0 Å². The maximum Gasteiger partial charge on any atom is 0.337 e. The standard InChI is InChI=1S/C16H21N3O2/c1-3-14-17-13-6-4-5-12(16(20)21)15(13)19(14)11-7-9-18(2)10-8-11/h4-6,11H,3,7-10H2,1-2H3,(H,20,21). The number of carboxylic acids is 1. The highest BCUT2D eigenvalue weighted by Crippen LogP contribution is 2.30. The molecule has 1 aliphatic heterocycles. The Morgan fingerprint density at radius 2 is 2.10 bits per heavy atom. The Labute approximate surface area is 124 Å². The molecule has 0 amide bonds. The van der Waals surface area contributed by atoms with Crippen molar-refractivity contribution in [3.05, 3.63) is 29.6 Å². The minimum atomic E-state index is -0.877. The summed E-state index contributed by atoms with van der Waals surface area (Å²) in [5.41, 5.74) is 1.95. The number of nitrogens with zero attached hydrogens (tertiary/aromatic N) is 3. The fraction of sp³-hybridized carbons (Fsp3) is 0.500. The van der Waals surface area contributed by atoms with Gasteiger partial charge in [0, 0.05) is 12.5 Å². The summed E-state index contributed by atoms with van der Waals surface area (Å²) >= 11 is 0. The average Bonchev–Trinajstić information content (AvgIpc) is 2.86. The summed E-state index contributed by atoms with van der Waals surface area (Å²) in [6, 6.07) is 5.71. The number of likely N-dealkylation sites (tertiary alicyclic amines) is 1. The lowest BCUT2D eigenvalue weighted by atomic mass is 10.0. The number of para-hydroxylation sites is 1. The van der Waals surface area contributed by atoms with Crippen molar-refractivity contribution in [2.45, 2.75) is 32.2 Å². The third-order valence-electron chi connectivity index (χ3n) is 4.38. The number of piperidine rings is 1. The van der Waals surface area contributed by atoms with Crippen LogP contribution in [0, 0.1) is 0 Å². The van der Waals surface area contributed by atoms with E-state index in [1.165, 1.54) is 0 Å². The molecule has 5 heteroatoms. The molecule has 0 aliphatic carbocycles. The van der Waals surface area contributed by atoms with Gasteiger partial charge in [-0.05, 0) is 45.1 Å². The van der Waals surface area contributed by atoms with Crippen LogP contribution < -0.4 is 0 Å². The molecule has 1 aromatic carbocycles. The van der Waals surface area contributed by atoms with Crippen LogP contribution in [0.15, 0.2) is 18.2 Å². The van der Waals surface area contributed by atoms with E-state index in [4.69, 9.17) is 0 Å². The second-order valence-corrected chi connectivity index (χ2v) is 5.76. The highest BCUT2D eigenvalue weighted by molar-refractivity contribution is 6.01. The van der Waals surface area contributed by atoms with Crippen LogP contribution in [0.3, 0.4) is 0 Å². The van der Waals surface area contributed by atoms with E-state index in [0.29, 0.717) is 11.6 Å². The van der Waals surface area contributed by atoms with Gasteiger partial charge in [0.15, 0.2) is 0 Å². The summed E-state index contributed by atoms with van der Waals surface area (Å²) in [5, 5.41) is 9.48. The van der Waals surface area contributed by atoms with Crippen molar-refractivity contribution < 1.29 is 9.90 Å². The third kappa shape index (κ3) is 2.42. The van der Waals surface area contributed by atoms with Crippen molar-refractivity contribution in [3.63, 3.8) is 0 Å². The molecular weight excluding hydrogens is 266 g/mol. The Hall–Kier alpha value is -1.88. The first-order valence-corrected chi connectivity index (χ1v) is 7.53. The fourth-order valence-corrected chi connectivity index (χ4v) is 3.27. The topological polar surface area (TPSA) is 58.4 Å². The Balaban J connectivity index is 2.17. The molecular formula is C16H21N3O2. The van der Waals surface area contributed by atoms with Gasteiger partial charge in [0.05, 0.1) is 16.6 Å². The number of hydrogen-bond donors (Lipinski definition) is 1. The number of aromatic carboxylic acids is 1. The van der Waals surface area contributed by atoms with Crippen molar-refractivity contribution >= 4 is 17.0 Å². The summed E-state index contributed by atoms with van der Waals surface area (Å²) in [4.78, 5) is 18.5. The van der Waals surface area contributed by atoms with Gasteiger partial charge < -0.3 is 14.6 Å². The maximum atomic E-state index is 11.6. The van der Waals surface area contributed by atoms with Crippen LogP contribution in [0.2, 0.25) is 0 Å². The number of aromatic nitrogens is 2. The van der Waals surface area contributed by atoms with Crippen LogP contribution in [-0.2, 0) is 6.42 Å². The second kappa shape index (κ2) is 5.48. The van der Waals surface area contributed by atoms with Crippen molar-refractivity contribution in [3.8, 4) is 0 Å². The zero-order chi connectivity index (χ0) is 15.0. The molecule has 0 unspecified atom stereocenters. The molecule has 0 spiro atoms. The first kappa shape index (κ1) is 14.1. The van der Waals surface area contributed by atoms with Gasteiger partial charge in [0.1, 0.15) is 5.82 Å². The molecule has 1 aliphatic rings. The predicted octanol–water partition coefficient (Wildman–Crippen LogP) is 2.56. The van der Waals surface area contributed by atoms with Gasteiger partial charge in [-0.15, -0.1) is 0 Å². The Bertz CT molecular complexity index is 669. The van der Waals surface area contributed by atoms with Crippen molar-refractivity contribution in [2.75, 3.05) is 20.1 Å². The zero-order valence-electron chi connectivity index (χ0n) is 12.5. The Morgan fingerprint density at radius 3 is 2.71 bits per heavy atom. The number of aryl methyl sites for hydroxylation is 1. The number of benzene rings is 1. The summed E-state index contributed by atoms with van der Waals surface area (Å²) in [6.45, 7) is 4.17. The van der Waals surface area contributed by atoms with E-state index < -0.39 is 5.97 Å². The van der Waals surface area contributed by atoms with Crippen LogP contribution in [0.1, 0.15) is 42.0 Å². The molecule has 0 saturated carbocycles. The number of hydrogen-bond acceptors (Lipinski definition) is 3. The number of carboxylic acid groups (broad SMARTS) is 1. The summed E-state index contributed by atoms with van der Waals surface area (Å²) in [7, 11) is 2.13. The quantitative estimate of drug-likeness (QED) is 0.942. The number of rotatable bonds is 3. The first-order valence-electron chi connectivity index (χ1n) is 7.53. The van der Waals surface area contributed by atoms with Gasteiger partial charge in [0.25, 0.3) is 0 Å². The molecule has 0 radical (unpaired) electrons. The Morgan fingerprint density at radius 1 is 1.38 bits per heavy atom.